The van der Waals surface area contributed by atoms with Gasteiger partial charge in [0.1, 0.15) is 4.83 Å². The van der Waals surface area contributed by atoms with Crippen LogP contribution in [-0.4, -0.2) is 20.4 Å². The molecule has 0 aliphatic rings. The lowest BCUT2D eigenvalue weighted by Gasteiger charge is -2.03. The van der Waals surface area contributed by atoms with E-state index >= 15 is 0 Å². The number of benzene rings is 1. The van der Waals surface area contributed by atoms with Crippen LogP contribution in [0.1, 0.15) is 26.4 Å². The number of thiophene rings is 1. The Balaban J connectivity index is 1.63. The number of nitrogens with one attached hydrogen (secondary N) is 1. The number of aryl methyl sites for hydroxylation is 4. The molecule has 6 nitrogen and oxygen atoms in total. The Labute approximate surface area is 169 Å². The first-order chi connectivity index (χ1) is 13.3. The monoisotopic (exact) mass is 410 g/mol. The molecule has 3 heterocycles. The van der Waals surface area contributed by atoms with Crippen LogP contribution in [0.25, 0.3) is 21.5 Å². The molecule has 28 heavy (non-hydrogen) atoms. The van der Waals surface area contributed by atoms with Gasteiger partial charge < -0.3 is 4.57 Å². The molecule has 0 spiro atoms. The lowest BCUT2D eigenvalue weighted by atomic mass is 10.1. The zero-order valence-corrected chi connectivity index (χ0v) is 17.5. The number of amides is 1. The number of hydrogen-bond acceptors (Lipinski definition) is 6. The van der Waals surface area contributed by atoms with E-state index in [-0.39, 0.29) is 11.5 Å². The first-order valence-electron chi connectivity index (χ1n) is 8.64. The minimum absolute atomic E-state index is 0.149. The molecule has 0 aliphatic heterocycles. The van der Waals surface area contributed by atoms with E-state index in [1.807, 2.05) is 11.4 Å². The van der Waals surface area contributed by atoms with Crippen molar-refractivity contribution in [2.24, 2.45) is 7.05 Å². The van der Waals surface area contributed by atoms with Gasteiger partial charge in [-0.05, 0) is 43.5 Å². The summed E-state index contributed by atoms with van der Waals surface area (Å²) in [6, 6.07) is 6.19. The SMILES string of the molecule is Cc1ccc(-c2csc(NC(=O)c3sc4ncn(C)c(=O)c4c3C)n2)cc1C. The highest BCUT2D eigenvalue weighted by Crippen LogP contribution is 2.30. The van der Waals surface area contributed by atoms with E-state index in [4.69, 9.17) is 0 Å². The van der Waals surface area contributed by atoms with Crippen LogP contribution in [0.3, 0.4) is 0 Å². The maximum atomic E-state index is 12.8. The van der Waals surface area contributed by atoms with E-state index in [9.17, 15) is 9.59 Å². The van der Waals surface area contributed by atoms with Crippen LogP contribution in [0.2, 0.25) is 0 Å². The Morgan fingerprint density at radius 2 is 1.96 bits per heavy atom. The molecule has 0 unspecified atom stereocenters. The molecule has 142 valence electrons. The summed E-state index contributed by atoms with van der Waals surface area (Å²) in [6.07, 6.45) is 1.47. The fourth-order valence-electron chi connectivity index (χ4n) is 2.94. The summed E-state index contributed by atoms with van der Waals surface area (Å²) in [5.74, 6) is -0.275. The molecule has 4 rings (SSSR count). The smallest absolute Gasteiger partial charge is 0.267 e. The Hall–Kier alpha value is -2.84. The highest BCUT2D eigenvalue weighted by molar-refractivity contribution is 7.21. The number of aromatic nitrogens is 3. The number of hydrogen-bond donors (Lipinski definition) is 1. The Morgan fingerprint density at radius 3 is 2.71 bits per heavy atom. The van der Waals surface area contributed by atoms with Gasteiger partial charge in [0, 0.05) is 18.0 Å². The molecule has 0 aliphatic carbocycles. The van der Waals surface area contributed by atoms with Gasteiger partial charge >= 0.3 is 0 Å². The number of thiazole rings is 1. The van der Waals surface area contributed by atoms with E-state index < -0.39 is 0 Å². The normalized spacial score (nSPS) is 11.1. The highest BCUT2D eigenvalue weighted by Gasteiger charge is 2.20. The number of carbonyl (C=O) groups is 1. The molecule has 0 saturated heterocycles. The van der Waals surface area contributed by atoms with Crippen molar-refractivity contribution in [3.05, 3.63) is 61.8 Å². The molecule has 8 heteroatoms. The Bertz CT molecular complexity index is 1280. The van der Waals surface area contributed by atoms with Crippen LogP contribution < -0.4 is 10.9 Å². The van der Waals surface area contributed by atoms with Crippen molar-refractivity contribution in [3.8, 4) is 11.3 Å². The van der Waals surface area contributed by atoms with E-state index in [0.29, 0.717) is 25.8 Å². The zero-order chi connectivity index (χ0) is 20.0. The van der Waals surface area contributed by atoms with Crippen molar-refractivity contribution >= 4 is 43.9 Å². The van der Waals surface area contributed by atoms with E-state index in [0.717, 1.165) is 11.3 Å². The number of fused-ring (bicyclic) bond motifs is 1. The van der Waals surface area contributed by atoms with E-state index in [1.54, 1.807) is 14.0 Å². The van der Waals surface area contributed by atoms with Crippen molar-refractivity contribution in [2.75, 3.05) is 5.32 Å². The largest absolute Gasteiger partial charge is 0.302 e. The molecule has 1 amide bonds. The van der Waals surface area contributed by atoms with Crippen LogP contribution in [-0.2, 0) is 7.05 Å². The third kappa shape index (κ3) is 3.14. The van der Waals surface area contributed by atoms with Gasteiger partial charge in [-0.3, -0.25) is 14.9 Å². The summed E-state index contributed by atoms with van der Waals surface area (Å²) in [6.45, 7) is 5.91. The third-order valence-corrected chi connectivity index (χ3v) is 6.70. The Kier molecular flexibility index (Phi) is 4.60. The second kappa shape index (κ2) is 6.96. The maximum Gasteiger partial charge on any atom is 0.267 e. The molecule has 0 radical (unpaired) electrons. The summed E-state index contributed by atoms with van der Waals surface area (Å²) < 4.78 is 1.42. The van der Waals surface area contributed by atoms with Crippen molar-refractivity contribution in [1.29, 1.82) is 0 Å². The van der Waals surface area contributed by atoms with Crippen molar-refractivity contribution in [1.82, 2.24) is 14.5 Å². The van der Waals surface area contributed by atoms with E-state index in [1.165, 1.54) is 44.7 Å². The number of nitrogens with zero attached hydrogens (tertiary/aromatic N) is 3. The maximum absolute atomic E-state index is 12.8. The van der Waals surface area contributed by atoms with Gasteiger partial charge in [0.15, 0.2) is 5.13 Å². The number of anilines is 1. The van der Waals surface area contributed by atoms with Crippen molar-refractivity contribution < 1.29 is 4.79 Å². The molecular formula is C20H18N4O2S2. The molecule has 0 saturated carbocycles. The number of rotatable bonds is 3. The fraction of sp³-hybridized carbons (Fsp3) is 0.200. The lowest BCUT2D eigenvalue weighted by molar-refractivity contribution is 0.103. The topological polar surface area (TPSA) is 76.9 Å². The standard InChI is InChI=1S/C20H18N4O2S2/c1-10-5-6-13(7-11(10)2)14-8-27-20(22-14)23-17(25)16-12(3)15-18(28-16)21-9-24(4)19(15)26/h5-9H,1-4H3,(H,22,23,25). The van der Waals surface area contributed by atoms with Gasteiger partial charge in [0.25, 0.3) is 11.5 Å². The minimum atomic E-state index is -0.275. The predicted molar refractivity (Wildman–Crippen MR) is 115 cm³/mol. The van der Waals surface area contributed by atoms with E-state index in [2.05, 4.69) is 41.3 Å². The number of carbonyl (C=O) groups excluding carboxylic acids is 1. The van der Waals surface area contributed by atoms with Crippen molar-refractivity contribution in [3.63, 3.8) is 0 Å². The molecule has 3 aromatic heterocycles. The van der Waals surface area contributed by atoms with Crippen molar-refractivity contribution in [2.45, 2.75) is 20.8 Å². The summed E-state index contributed by atoms with van der Waals surface area (Å²) in [4.78, 5) is 35.0. The van der Waals surface area contributed by atoms with Crippen LogP contribution in [0, 0.1) is 20.8 Å². The summed E-state index contributed by atoms with van der Waals surface area (Å²) in [7, 11) is 1.65. The van der Waals surface area contributed by atoms with Gasteiger partial charge in [-0.25, -0.2) is 9.97 Å². The minimum Gasteiger partial charge on any atom is -0.302 e. The average molecular weight is 411 g/mol. The average Bonchev–Trinajstić information content (AvgIpc) is 3.25. The molecule has 0 fully saturated rings. The van der Waals surface area contributed by atoms with Crippen LogP contribution in [0.5, 0.6) is 0 Å². The molecular weight excluding hydrogens is 392 g/mol. The zero-order valence-electron chi connectivity index (χ0n) is 15.9. The first-order valence-corrected chi connectivity index (χ1v) is 10.3. The van der Waals surface area contributed by atoms with Gasteiger partial charge in [0.2, 0.25) is 0 Å². The molecule has 0 atom stereocenters. The third-order valence-electron chi connectivity index (χ3n) is 4.74. The quantitative estimate of drug-likeness (QED) is 0.546. The van der Waals surface area contributed by atoms with Gasteiger partial charge in [-0.2, -0.15) is 0 Å². The van der Waals surface area contributed by atoms with Gasteiger partial charge in [-0.1, -0.05) is 12.1 Å². The molecule has 4 aromatic rings. The predicted octanol–water partition coefficient (Wildman–Crippen LogP) is 4.30. The van der Waals surface area contributed by atoms with Gasteiger partial charge in [-0.15, -0.1) is 22.7 Å². The second-order valence-electron chi connectivity index (χ2n) is 6.69. The molecule has 0 bridgehead atoms. The van der Waals surface area contributed by atoms with Crippen LogP contribution in [0.15, 0.2) is 34.7 Å². The van der Waals surface area contributed by atoms with Gasteiger partial charge in [0.05, 0.1) is 22.3 Å². The molecule has 1 aromatic carbocycles. The lowest BCUT2D eigenvalue weighted by Crippen LogP contribution is -2.17. The summed E-state index contributed by atoms with van der Waals surface area (Å²) in [5, 5.41) is 5.80. The highest BCUT2D eigenvalue weighted by atomic mass is 32.1. The Morgan fingerprint density at radius 1 is 1.18 bits per heavy atom. The van der Waals surface area contributed by atoms with Crippen LogP contribution in [0.4, 0.5) is 5.13 Å². The summed E-state index contributed by atoms with van der Waals surface area (Å²) in [5.41, 5.74) is 4.78. The first kappa shape index (κ1) is 18.5. The fourth-order valence-corrected chi connectivity index (χ4v) is 4.69. The van der Waals surface area contributed by atoms with Crippen LogP contribution >= 0.6 is 22.7 Å². The summed E-state index contributed by atoms with van der Waals surface area (Å²) >= 11 is 2.60. The molecule has 1 N–H and O–H groups in total. The second-order valence-corrected chi connectivity index (χ2v) is 8.55.